The second-order valence-electron chi connectivity index (χ2n) is 9.89. The first-order chi connectivity index (χ1) is 18.2. The van der Waals surface area contributed by atoms with Crippen LogP contribution in [0.2, 0.25) is 0 Å². The lowest BCUT2D eigenvalue weighted by atomic mass is 9.97. The van der Waals surface area contributed by atoms with Crippen molar-refractivity contribution in [2.45, 2.75) is 58.0 Å². The summed E-state index contributed by atoms with van der Waals surface area (Å²) in [4.78, 5) is 67.5. The van der Waals surface area contributed by atoms with Crippen molar-refractivity contribution in [1.82, 2.24) is 25.8 Å². The molecule has 11 nitrogen and oxygen atoms in total. The zero-order valence-corrected chi connectivity index (χ0v) is 22.5. The van der Waals surface area contributed by atoms with Crippen LogP contribution in [0.3, 0.4) is 0 Å². The van der Waals surface area contributed by atoms with E-state index in [0.717, 1.165) is 13.0 Å². The SMILES string of the molecule is CC[C@H](C)[C@@H]1NC(=O)C[C@@H](C(=O)NCCCN2CCCC2=O)NC(=O)c2ccccc2OCCN(C)C1=O. The van der Waals surface area contributed by atoms with E-state index < -0.39 is 29.8 Å². The lowest BCUT2D eigenvalue weighted by molar-refractivity contribution is -0.137. The molecule has 0 unspecified atom stereocenters. The van der Waals surface area contributed by atoms with Crippen LogP contribution in [-0.2, 0) is 19.2 Å². The molecule has 1 aromatic rings. The smallest absolute Gasteiger partial charge is 0.255 e. The van der Waals surface area contributed by atoms with E-state index in [-0.39, 0.29) is 49.4 Å². The number of nitrogens with zero attached hydrogens (tertiary/aromatic N) is 2. The minimum Gasteiger partial charge on any atom is -0.491 e. The minimum atomic E-state index is -1.17. The highest BCUT2D eigenvalue weighted by Gasteiger charge is 2.32. The number of fused-ring (bicyclic) bond motifs is 1. The number of amides is 5. The van der Waals surface area contributed by atoms with Crippen LogP contribution in [0.4, 0.5) is 0 Å². The van der Waals surface area contributed by atoms with Crippen molar-refractivity contribution in [1.29, 1.82) is 0 Å². The van der Waals surface area contributed by atoms with Crippen LogP contribution in [0, 0.1) is 5.92 Å². The van der Waals surface area contributed by atoms with E-state index in [1.807, 2.05) is 13.8 Å². The topological polar surface area (TPSA) is 137 Å². The highest BCUT2D eigenvalue weighted by molar-refractivity contribution is 6.01. The highest BCUT2D eigenvalue weighted by Crippen LogP contribution is 2.19. The van der Waals surface area contributed by atoms with Crippen molar-refractivity contribution in [3.63, 3.8) is 0 Å². The number of hydrogen-bond donors (Lipinski definition) is 3. The third-order valence-corrected chi connectivity index (χ3v) is 7.07. The summed E-state index contributed by atoms with van der Waals surface area (Å²) in [6.45, 7) is 5.77. The van der Waals surface area contributed by atoms with Crippen LogP contribution in [0.1, 0.15) is 56.3 Å². The number of ether oxygens (including phenoxy) is 1. The van der Waals surface area contributed by atoms with Gasteiger partial charge in [-0.2, -0.15) is 0 Å². The van der Waals surface area contributed by atoms with Crippen molar-refractivity contribution in [2.75, 3.05) is 39.8 Å². The number of para-hydroxylation sites is 1. The predicted molar refractivity (Wildman–Crippen MR) is 140 cm³/mol. The average molecular weight is 530 g/mol. The Morgan fingerprint density at radius 1 is 1.16 bits per heavy atom. The summed E-state index contributed by atoms with van der Waals surface area (Å²) < 4.78 is 5.82. The molecular formula is C27H39N5O6. The molecule has 2 aliphatic rings. The first-order valence-electron chi connectivity index (χ1n) is 13.3. The molecule has 0 bridgehead atoms. The van der Waals surface area contributed by atoms with E-state index in [4.69, 9.17) is 4.74 Å². The van der Waals surface area contributed by atoms with E-state index in [1.165, 1.54) is 4.90 Å². The maximum Gasteiger partial charge on any atom is 0.255 e. The molecule has 1 fully saturated rings. The number of nitrogens with one attached hydrogen (secondary N) is 3. The van der Waals surface area contributed by atoms with Crippen LogP contribution in [0.5, 0.6) is 5.75 Å². The van der Waals surface area contributed by atoms with Gasteiger partial charge in [-0.15, -0.1) is 0 Å². The first-order valence-corrected chi connectivity index (χ1v) is 13.3. The molecule has 5 amide bonds. The lowest BCUT2D eigenvalue weighted by Crippen LogP contribution is -2.54. The fraction of sp³-hybridized carbons (Fsp3) is 0.593. The maximum atomic E-state index is 13.2. The van der Waals surface area contributed by atoms with Gasteiger partial charge in [0.25, 0.3) is 5.91 Å². The Morgan fingerprint density at radius 3 is 2.63 bits per heavy atom. The predicted octanol–water partition coefficient (Wildman–Crippen LogP) is 0.686. The van der Waals surface area contributed by atoms with Gasteiger partial charge in [0.15, 0.2) is 0 Å². The number of hydrogen-bond acceptors (Lipinski definition) is 6. The molecule has 3 N–H and O–H groups in total. The van der Waals surface area contributed by atoms with Crippen LogP contribution in [0.15, 0.2) is 24.3 Å². The van der Waals surface area contributed by atoms with Gasteiger partial charge in [0.05, 0.1) is 18.5 Å². The Bertz CT molecular complexity index is 1030. The molecule has 0 aromatic heterocycles. The summed E-state index contributed by atoms with van der Waals surface area (Å²) >= 11 is 0. The fourth-order valence-electron chi connectivity index (χ4n) is 4.51. The number of carbonyl (C=O) groups is 5. The first kappa shape index (κ1) is 28.9. The minimum absolute atomic E-state index is 0.114. The van der Waals surface area contributed by atoms with Gasteiger partial charge in [-0.1, -0.05) is 32.4 Å². The van der Waals surface area contributed by atoms with Gasteiger partial charge >= 0.3 is 0 Å². The number of benzene rings is 1. The van der Waals surface area contributed by atoms with E-state index in [0.29, 0.717) is 31.6 Å². The Hall–Kier alpha value is -3.63. The highest BCUT2D eigenvalue weighted by atomic mass is 16.5. The van der Waals surface area contributed by atoms with Crippen molar-refractivity contribution in [3.05, 3.63) is 29.8 Å². The molecule has 2 heterocycles. The van der Waals surface area contributed by atoms with E-state index >= 15 is 0 Å². The fourth-order valence-corrected chi connectivity index (χ4v) is 4.51. The maximum absolute atomic E-state index is 13.2. The van der Waals surface area contributed by atoms with Crippen LogP contribution < -0.4 is 20.7 Å². The second-order valence-corrected chi connectivity index (χ2v) is 9.89. The summed E-state index contributed by atoms with van der Waals surface area (Å²) in [6, 6.07) is 4.69. The van der Waals surface area contributed by atoms with Gasteiger partial charge in [0.2, 0.25) is 23.6 Å². The standard InChI is InChI=1S/C27H39N5O6/c1-4-18(2)24-27(37)31(3)15-16-38-21-10-6-5-9-19(21)25(35)29-20(17-22(33)30-24)26(36)28-12-8-14-32-13-7-11-23(32)34/h5-6,9-10,18,20,24H,4,7-8,11-17H2,1-3H3,(H,28,36)(H,29,35)(H,30,33)/t18-,20-,24-/m0/s1. The van der Waals surface area contributed by atoms with Crippen molar-refractivity contribution < 1.29 is 28.7 Å². The molecular weight excluding hydrogens is 490 g/mol. The third-order valence-electron chi connectivity index (χ3n) is 7.07. The van der Waals surface area contributed by atoms with Crippen LogP contribution in [-0.4, -0.2) is 91.3 Å². The summed E-state index contributed by atoms with van der Waals surface area (Å²) in [5.74, 6) is -1.53. The summed E-state index contributed by atoms with van der Waals surface area (Å²) in [6.07, 6.45) is 2.27. The van der Waals surface area contributed by atoms with Gasteiger partial charge in [0.1, 0.15) is 24.4 Å². The average Bonchev–Trinajstić information content (AvgIpc) is 3.32. The lowest BCUT2D eigenvalue weighted by Gasteiger charge is -2.29. The summed E-state index contributed by atoms with van der Waals surface area (Å²) in [7, 11) is 1.64. The molecule has 2 aliphatic heterocycles. The zero-order chi connectivity index (χ0) is 27.7. The molecule has 0 aliphatic carbocycles. The van der Waals surface area contributed by atoms with Gasteiger partial charge in [-0.25, -0.2) is 0 Å². The normalized spacial score (nSPS) is 22.1. The van der Waals surface area contributed by atoms with E-state index in [1.54, 1.807) is 36.2 Å². The molecule has 208 valence electrons. The van der Waals surface area contributed by atoms with Gasteiger partial charge in [0, 0.05) is 33.1 Å². The number of likely N-dealkylation sites (N-methyl/N-ethyl adjacent to an activating group) is 1. The molecule has 3 rings (SSSR count). The van der Waals surface area contributed by atoms with Crippen molar-refractivity contribution in [3.8, 4) is 5.75 Å². The third kappa shape index (κ3) is 7.69. The van der Waals surface area contributed by atoms with Gasteiger partial charge in [-0.3, -0.25) is 24.0 Å². The number of rotatable bonds is 7. The Morgan fingerprint density at radius 2 is 1.92 bits per heavy atom. The quantitative estimate of drug-likeness (QED) is 0.445. The van der Waals surface area contributed by atoms with E-state index in [9.17, 15) is 24.0 Å². The Balaban J connectivity index is 1.77. The molecule has 11 heteroatoms. The van der Waals surface area contributed by atoms with E-state index in [2.05, 4.69) is 16.0 Å². The second kappa shape index (κ2) is 13.8. The zero-order valence-electron chi connectivity index (χ0n) is 22.5. The van der Waals surface area contributed by atoms with Crippen LogP contribution >= 0.6 is 0 Å². The van der Waals surface area contributed by atoms with Gasteiger partial charge in [-0.05, 0) is 30.9 Å². The van der Waals surface area contributed by atoms with Gasteiger partial charge < -0.3 is 30.5 Å². The number of likely N-dealkylation sites (tertiary alicyclic amines) is 1. The number of carbonyl (C=O) groups excluding carboxylic acids is 5. The summed E-state index contributed by atoms with van der Waals surface area (Å²) in [5.41, 5.74) is 0.224. The Labute approximate surface area is 223 Å². The molecule has 38 heavy (non-hydrogen) atoms. The van der Waals surface area contributed by atoms with Crippen LogP contribution in [0.25, 0.3) is 0 Å². The monoisotopic (exact) mass is 529 g/mol. The molecule has 3 atom stereocenters. The molecule has 0 radical (unpaired) electrons. The Kier molecular flexibility index (Phi) is 10.5. The molecule has 1 aromatic carbocycles. The molecule has 0 spiro atoms. The summed E-state index contributed by atoms with van der Waals surface area (Å²) in [5, 5.41) is 8.23. The van der Waals surface area contributed by atoms with Crippen molar-refractivity contribution in [2.24, 2.45) is 5.92 Å². The largest absolute Gasteiger partial charge is 0.491 e. The molecule has 0 saturated carbocycles. The van der Waals surface area contributed by atoms with Crippen molar-refractivity contribution >= 4 is 29.5 Å². The molecule has 1 saturated heterocycles.